The second-order valence-electron chi connectivity index (χ2n) is 2.82. The van der Waals surface area contributed by atoms with E-state index in [1.807, 2.05) is 6.07 Å². The van der Waals surface area contributed by atoms with Crippen molar-refractivity contribution < 1.29 is 4.79 Å². The van der Waals surface area contributed by atoms with E-state index in [-0.39, 0.29) is 5.78 Å². The van der Waals surface area contributed by atoms with Crippen molar-refractivity contribution in [2.75, 3.05) is 0 Å². The molecular weight excluding hydrogens is 186 g/mol. The number of rotatable bonds is 1. The first kappa shape index (κ1) is 9.76. The number of ketones is 1. The lowest BCUT2D eigenvalue weighted by atomic mass is 10.0. The molecule has 0 N–H and O–H groups in total. The molecule has 0 amide bonds. The minimum Gasteiger partial charge on any atom is -0.294 e. The molecule has 66 valence electrons. The van der Waals surface area contributed by atoms with Crippen LogP contribution in [0.15, 0.2) is 12.1 Å². The fourth-order valence-electron chi connectivity index (χ4n) is 1.09. The highest BCUT2D eigenvalue weighted by Gasteiger charge is 2.09. The van der Waals surface area contributed by atoms with E-state index in [4.69, 9.17) is 16.9 Å². The number of nitrogens with zero attached hydrogens (tertiary/aromatic N) is 1. The molecule has 13 heavy (non-hydrogen) atoms. The number of Topliss-reactive ketones (excluding diaryl/α,β-unsaturated/α-hetero) is 1. The first-order valence-corrected chi connectivity index (χ1v) is 4.15. The Kier molecular flexibility index (Phi) is 2.69. The van der Waals surface area contributed by atoms with E-state index in [0.29, 0.717) is 16.1 Å². The predicted octanol–water partition coefficient (Wildman–Crippen LogP) is 2.72. The largest absolute Gasteiger partial charge is 0.294 e. The summed E-state index contributed by atoms with van der Waals surface area (Å²) in [6.45, 7) is 3.21. The van der Waals surface area contributed by atoms with Gasteiger partial charge in [-0.05, 0) is 31.5 Å². The summed E-state index contributed by atoms with van der Waals surface area (Å²) in [5.41, 5.74) is 1.64. The molecule has 0 radical (unpaired) electrons. The van der Waals surface area contributed by atoms with Gasteiger partial charge in [-0.2, -0.15) is 5.26 Å². The summed E-state index contributed by atoms with van der Waals surface area (Å²) >= 11 is 5.89. The van der Waals surface area contributed by atoms with Crippen molar-refractivity contribution in [1.82, 2.24) is 0 Å². The maximum Gasteiger partial charge on any atom is 0.161 e. The first-order chi connectivity index (χ1) is 6.06. The van der Waals surface area contributed by atoms with Gasteiger partial charge < -0.3 is 0 Å². The van der Waals surface area contributed by atoms with Crippen molar-refractivity contribution in [1.29, 1.82) is 5.26 Å². The van der Waals surface area contributed by atoms with Crippen LogP contribution in [-0.2, 0) is 0 Å². The van der Waals surface area contributed by atoms with E-state index in [0.717, 1.165) is 5.56 Å². The molecule has 0 unspecified atom stereocenters. The number of carbonyl (C=O) groups excluding carboxylic acids is 1. The minimum atomic E-state index is -0.120. The molecular formula is C10H8ClNO. The summed E-state index contributed by atoms with van der Waals surface area (Å²) in [5, 5.41) is 9.09. The third-order valence-electron chi connectivity index (χ3n) is 1.76. The van der Waals surface area contributed by atoms with Crippen molar-refractivity contribution in [2.45, 2.75) is 13.8 Å². The van der Waals surface area contributed by atoms with Gasteiger partial charge in [-0.25, -0.2) is 0 Å². The summed E-state index contributed by atoms with van der Waals surface area (Å²) in [6, 6.07) is 5.15. The topological polar surface area (TPSA) is 40.9 Å². The molecule has 1 rings (SSSR count). The number of hydrogen-bond donors (Lipinski definition) is 0. The fourth-order valence-corrected chi connectivity index (χ4v) is 1.33. The third kappa shape index (κ3) is 1.88. The Labute approximate surface area is 81.7 Å². The van der Waals surface area contributed by atoms with Gasteiger partial charge in [0, 0.05) is 5.56 Å². The molecule has 0 aromatic heterocycles. The summed E-state index contributed by atoms with van der Waals surface area (Å²) < 4.78 is 0. The molecule has 0 heterocycles. The highest BCUT2D eigenvalue weighted by molar-refractivity contribution is 6.34. The van der Waals surface area contributed by atoms with Crippen LogP contribution in [0.5, 0.6) is 0 Å². The predicted molar refractivity (Wildman–Crippen MR) is 50.9 cm³/mol. The zero-order valence-corrected chi connectivity index (χ0v) is 8.14. The number of aryl methyl sites for hydroxylation is 1. The quantitative estimate of drug-likeness (QED) is 0.644. The van der Waals surface area contributed by atoms with E-state index < -0.39 is 0 Å². The lowest BCUT2D eigenvalue weighted by Gasteiger charge is -2.03. The molecule has 0 saturated carbocycles. The Hall–Kier alpha value is -1.33. The fraction of sp³-hybridized carbons (Fsp3) is 0.200. The molecule has 3 heteroatoms. The number of carbonyl (C=O) groups is 1. The Morgan fingerprint density at radius 1 is 1.54 bits per heavy atom. The Bertz CT molecular complexity index is 404. The molecule has 0 aliphatic rings. The van der Waals surface area contributed by atoms with Gasteiger partial charge in [0.25, 0.3) is 0 Å². The summed E-state index contributed by atoms with van der Waals surface area (Å²) in [7, 11) is 0. The lowest BCUT2D eigenvalue weighted by Crippen LogP contribution is -1.96. The van der Waals surface area contributed by atoms with Crippen molar-refractivity contribution in [3.05, 3.63) is 33.8 Å². The lowest BCUT2D eigenvalue weighted by molar-refractivity contribution is 0.101. The molecule has 0 atom stereocenters. The molecule has 1 aromatic rings. The van der Waals surface area contributed by atoms with Crippen LogP contribution in [0.25, 0.3) is 0 Å². The van der Waals surface area contributed by atoms with Crippen LogP contribution < -0.4 is 0 Å². The average Bonchev–Trinajstić information content (AvgIpc) is 2.09. The third-order valence-corrected chi connectivity index (χ3v) is 2.26. The second kappa shape index (κ2) is 3.59. The van der Waals surface area contributed by atoms with Crippen molar-refractivity contribution in [3.63, 3.8) is 0 Å². The molecule has 0 aliphatic heterocycles. The monoisotopic (exact) mass is 193 g/mol. The van der Waals surface area contributed by atoms with E-state index in [1.54, 1.807) is 13.0 Å². The zero-order valence-electron chi connectivity index (χ0n) is 7.39. The molecule has 0 aliphatic carbocycles. The van der Waals surface area contributed by atoms with Crippen molar-refractivity contribution in [3.8, 4) is 6.07 Å². The van der Waals surface area contributed by atoms with Crippen molar-refractivity contribution >= 4 is 17.4 Å². The zero-order chi connectivity index (χ0) is 10.0. The highest BCUT2D eigenvalue weighted by Crippen LogP contribution is 2.22. The Morgan fingerprint density at radius 3 is 2.62 bits per heavy atom. The van der Waals surface area contributed by atoms with Crippen LogP contribution in [0, 0.1) is 18.3 Å². The van der Waals surface area contributed by atoms with Crippen LogP contribution in [0.2, 0.25) is 5.02 Å². The number of hydrogen-bond acceptors (Lipinski definition) is 2. The van der Waals surface area contributed by atoms with Gasteiger partial charge in [-0.15, -0.1) is 0 Å². The van der Waals surface area contributed by atoms with E-state index >= 15 is 0 Å². The number of nitriles is 1. The second-order valence-corrected chi connectivity index (χ2v) is 3.20. The smallest absolute Gasteiger partial charge is 0.161 e. The number of halogens is 1. The van der Waals surface area contributed by atoms with Gasteiger partial charge in [0.15, 0.2) is 5.78 Å². The van der Waals surface area contributed by atoms with Crippen LogP contribution in [0.1, 0.15) is 28.4 Å². The number of benzene rings is 1. The van der Waals surface area contributed by atoms with E-state index in [2.05, 4.69) is 0 Å². The Morgan fingerprint density at radius 2 is 2.15 bits per heavy atom. The summed E-state index contributed by atoms with van der Waals surface area (Å²) in [5.74, 6) is -0.120. The average molecular weight is 194 g/mol. The van der Waals surface area contributed by atoms with Gasteiger partial charge in [0.05, 0.1) is 16.7 Å². The van der Waals surface area contributed by atoms with E-state index in [1.165, 1.54) is 13.0 Å². The molecule has 2 nitrogen and oxygen atoms in total. The van der Waals surface area contributed by atoms with Gasteiger partial charge in [-0.1, -0.05) is 11.6 Å². The maximum absolute atomic E-state index is 11.1. The SMILES string of the molecule is CC(=O)c1cc(C#N)cc(C)c1Cl. The summed E-state index contributed by atoms with van der Waals surface area (Å²) in [4.78, 5) is 11.1. The van der Waals surface area contributed by atoms with Gasteiger partial charge in [0.1, 0.15) is 0 Å². The molecule has 1 aromatic carbocycles. The Balaban J connectivity index is 3.44. The van der Waals surface area contributed by atoms with E-state index in [9.17, 15) is 4.79 Å². The van der Waals surface area contributed by atoms with Crippen LogP contribution in [0.3, 0.4) is 0 Å². The summed E-state index contributed by atoms with van der Waals surface area (Å²) in [6.07, 6.45) is 0. The highest BCUT2D eigenvalue weighted by atomic mass is 35.5. The maximum atomic E-state index is 11.1. The van der Waals surface area contributed by atoms with Crippen LogP contribution in [-0.4, -0.2) is 5.78 Å². The normalized spacial score (nSPS) is 9.38. The van der Waals surface area contributed by atoms with Crippen LogP contribution in [0.4, 0.5) is 0 Å². The van der Waals surface area contributed by atoms with Crippen LogP contribution >= 0.6 is 11.6 Å². The van der Waals surface area contributed by atoms with Gasteiger partial charge in [0.2, 0.25) is 0 Å². The van der Waals surface area contributed by atoms with Gasteiger partial charge >= 0.3 is 0 Å². The van der Waals surface area contributed by atoms with Gasteiger partial charge in [-0.3, -0.25) is 4.79 Å². The molecule has 0 bridgehead atoms. The first-order valence-electron chi connectivity index (χ1n) is 3.77. The standard InChI is InChI=1S/C10H8ClNO/c1-6-3-8(5-12)4-9(7(2)13)10(6)11/h3-4H,1-2H3. The van der Waals surface area contributed by atoms with Crippen molar-refractivity contribution in [2.24, 2.45) is 0 Å². The molecule has 0 spiro atoms. The minimum absolute atomic E-state index is 0.120. The molecule has 0 fully saturated rings. The molecule has 0 saturated heterocycles.